The van der Waals surface area contributed by atoms with E-state index in [2.05, 4.69) is 0 Å². The van der Waals surface area contributed by atoms with Crippen LogP contribution in [0.3, 0.4) is 0 Å². The van der Waals surface area contributed by atoms with Gasteiger partial charge in [0.15, 0.2) is 0 Å². The van der Waals surface area contributed by atoms with Crippen molar-refractivity contribution in [1.29, 1.82) is 0 Å². The Morgan fingerprint density at radius 1 is 1.11 bits per heavy atom. The number of rotatable bonds is 3. The van der Waals surface area contributed by atoms with Gasteiger partial charge in [-0.05, 0) is 37.1 Å². The highest BCUT2D eigenvalue weighted by molar-refractivity contribution is 6.20. The molecule has 3 heteroatoms. The van der Waals surface area contributed by atoms with E-state index in [-0.39, 0.29) is 5.56 Å². The van der Waals surface area contributed by atoms with Crippen molar-refractivity contribution in [3.05, 3.63) is 70.8 Å². The molecule has 0 saturated heterocycles. The van der Waals surface area contributed by atoms with Crippen LogP contribution in [0.15, 0.2) is 42.5 Å². The topological polar surface area (TPSA) is 0 Å². The Balaban J connectivity index is 2.21. The summed E-state index contributed by atoms with van der Waals surface area (Å²) in [5, 5.41) is -0.567. The van der Waals surface area contributed by atoms with Crippen LogP contribution < -0.4 is 0 Å². The van der Waals surface area contributed by atoms with Gasteiger partial charge in [-0.3, -0.25) is 0 Å². The summed E-state index contributed by atoms with van der Waals surface area (Å²) in [5.41, 5.74) is 2.34. The summed E-state index contributed by atoms with van der Waals surface area (Å²) in [7, 11) is 0. The molecule has 0 amide bonds. The highest BCUT2D eigenvalue weighted by Crippen LogP contribution is 2.28. The van der Waals surface area contributed by atoms with E-state index in [1.54, 1.807) is 0 Å². The van der Waals surface area contributed by atoms with E-state index in [9.17, 15) is 8.78 Å². The molecule has 1 unspecified atom stereocenters. The lowest BCUT2D eigenvalue weighted by atomic mass is 10.0. The van der Waals surface area contributed by atoms with Gasteiger partial charge < -0.3 is 0 Å². The Bertz CT molecular complexity index is 552. The van der Waals surface area contributed by atoms with Crippen LogP contribution in [-0.4, -0.2) is 0 Å². The predicted octanol–water partition coefficient (Wildman–Crippen LogP) is 4.80. The Morgan fingerprint density at radius 3 is 2.61 bits per heavy atom. The summed E-state index contributed by atoms with van der Waals surface area (Å²) >= 11 is 6.16. The van der Waals surface area contributed by atoms with Crippen LogP contribution in [0.5, 0.6) is 0 Å². The first-order chi connectivity index (χ1) is 8.56. The smallest absolute Gasteiger partial charge is 0.128 e. The monoisotopic (exact) mass is 266 g/mol. The maximum atomic E-state index is 13.6. The molecule has 2 rings (SSSR count). The summed E-state index contributed by atoms with van der Waals surface area (Å²) in [4.78, 5) is 0. The van der Waals surface area contributed by atoms with Gasteiger partial charge in [0.25, 0.3) is 0 Å². The summed E-state index contributed by atoms with van der Waals surface area (Å²) < 4.78 is 26.6. The van der Waals surface area contributed by atoms with Crippen molar-refractivity contribution in [2.24, 2.45) is 0 Å². The van der Waals surface area contributed by atoms with Crippen molar-refractivity contribution in [2.45, 2.75) is 18.7 Å². The van der Waals surface area contributed by atoms with Crippen LogP contribution in [-0.2, 0) is 6.42 Å². The minimum absolute atomic E-state index is 0.207. The molecule has 0 fully saturated rings. The summed E-state index contributed by atoms with van der Waals surface area (Å²) in [6.07, 6.45) is 0.476. The molecule has 2 aromatic rings. The standard InChI is InChI=1S/C15H13ClF2/c1-10-3-2-4-11(7-10)8-14(16)13-9-12(17)5-6-15(13)18/h2-7,9,14H,8H2,1H3. The molecule has 0 aliphatic rings. The summed E-state index contributed by atoms with van der Waals surface area (Å²) in [6, 6.07) is 11.2. The van der Waals surface area contributed by atoms with E-state index < -0.39 is 17.0 Å². The zero-order valence-electron chi connectivity index (χ0n) is 9.96. The van der Waals surface area contributed by atoms with Crippen LogP contribution in [0.25, 0.3) is 0 Å². The lowest BCUT2D eigenvalue weighted by Crippen LogP contribution is -2.00. The quantitative estimate of drug-likeness (QED) is 0.701. The molecule has 0 radical (unpaired) electrons. The third-order valence-corrected chi connectivity index (χ3v) is 3.18. The Kier molecular flexibility index (Phi) is 3.97. The van der Waals surface area contributed by atoms with E-state index in [1.165, 1.54) is 0 Å². The molecule has 0 aliphatic heterocycles. The fraction of sp³-hybridized carbons (Fsp3) is 0.200. The molecule has 0 bridgehead atoms. The van der Waals surface area contributed by atoms with Gasteiger partial charge in [-0.25, -0.2) is 8.78 Å². The summed E-state index contributed by atoms with van der Waals surface area (Å²) in [5.74, 6) is -0.939. The first-order valence-electron chi connectivity index (χ1n) is 5.71. The zero-order chi connectivity index (χ0) is 13.1. The highest BCUT2D eigenvalue weighted by Gasteiger charge is 2.14. The predicted molar refractivity (Wildman–Crippen MR) is 69.8 cm³/mol. The third-order valence-electron chi connectivity index (χ3n) is 2.79. The molecule has 0 heterocycles. The average Bonchev–Trinajstić information content (AvgIpc) is 2.32. The van der Waals surface area contributed by atoms with E-state index in [1.807, 2.05) is 31.2 Å². The Hall–Kier alpha value is -1.41. The van der Waals surface area contributed by atoms with Gasteiger partial charge in [0.2, 0.25) is 0 Å². The average molecular weight is 267 g/mol. The van der Waals surface area contributed by atoms with Crippen LogP contribution >= 0.6 is 11.6 Å². The number of halogens is 3. The van der Waals surface area contributed by atoms with Gasteiger partial charge >= 0.3 is 0 Å². The Morgan fingerprint density at radius 2 is 1.89 bits per heavy atom. The normalized spacial score (nSPS) is 12.4. The van der Waals surface area contributed by atoms with Gasteiger partial charge in [-0.15, -0.1) is 11.6 Å². The van der Waals surface area contributed by atoms with Crippen molar-refractivity contribution < 1.29 is 8.78 Å². The van der Waals surface area contributed by atoms with Gasteiger partial charge in [-0.1, -0.05) is 29.8 Å². The number of alkyl halides is 1. The molecule has 0 nitrogen and oxygen atoms in total. The highest BCUT2D eigenvalue weighted by atomic mass is 35.5. The molecule has 1 atom stereocenters. The zero-order valence-corrected chi connectivity index (χ0v) is 10.7. The van der Waals surface area contributed by atoms with E-state index in [0.29, 0.717) is 6.42 Å². The largest absolute Gasteiger partial charge is 0.207 e. The van der Waals surface area contributed by atoms with Crippen LogP contribution in [0, 0.1) is 18.6 Å². The van der Waals surface area contributed by atoms with Crippen molar-refractivity contribution >= 4 is 11.6 Å². The molecule has 2 aromatic carbocycles. The van der Waals surface area contributed by atoms with E-state index in [4.69, 9.17) is 11.6 Å². The van der Waals surface area contributed by atoms with E-state index >= 15 is 0 Å². The second-order valence-corrected chi connectivity index (χ2v) is 4.85. The molecular formula is C15H13ClF2. The van der Waals surface area contributed by atoms with Gasteiger partial charge in [-0.2, -0.15) is 0 Å². The molecule has 0 spiro atoms. The van der Waals surface area contributed by atoms with Gasteiger partial charge in [0, 0.05) is 5.56 Å². The number of benzene rings is 2. The summed E-state index contributed by atoms with van der Waals surface area (Å²) in [6.45, 7) is 1.98. The second kappa shape index (κ2) is 5.49. The van der Waals surface area contributed by atoms with E-state index in [0.717, 1.165) is 29.3 Å². The maximum absolute atomic E-state index is 13.6. The van der Waals surface area contributed by atoms with Crippen LogP contribution in [0.1, 0.15) is 22.1 Å². The molecule has 0 aromatic heterocycles. The van der Waals surface area contributed by atoms with Crippen LogP contribution in [0.4, 0.5) is 8.78 Å². The number of hydrogen-bond donors (Lipinski definition) is 0. The minimum atomic E-state index is -0.567. The molecule has 94 valence electrons. The molecular weight excluding hydrogens is 254 g/mol. The molecule has 0 N–H and O–H groups in total. The SMILES string of the molecule is Cc1cccc(CC(Cl)c2cc(F)ccc2F)c1. The number of aryl methyl sites for hydroxylation is 1. The van der Waals surface area contributed by atoms with Crippen molar-refractivity contribution in [1.82, 2.24) is 0 Å². The molecule has 0 saturated carbocycles. The van der Waals surface area contributed by atoms with Crippen molar-refractivity contribution in [2.75, 3.05) is 0 Å². The van der Waals surface area contributed by atoms with Crippen molar-refractivity contribution in [3.63, 3.8) is 0 Å². The second-order valence-electron chi connectivity index (χ2n) is 4.33. The maximum Gasteiger partial charge on any atom is 0.128 e. The molecule has 18 heavy (non-hydrogen) atoms. The minimum Gasteiger partial charge on any atom is -0.207 e. The van der Waals surface area contributed by atoms with Crippen LogP contribution in [0.2, 0.25) is 0 Å². The first kappa shape index (κ1) is 13.0. The Labute approximate surface area is 110 Å². The fourth-order valence-electron chi connectivity index (χ4n) is 1.91. The lowest BCUT2D eigenvalue weighted by Gasteiger charge is -2.11. The fourth-order valence-corrected chi connectivity index (χ4v) is 2.26. The third kappa shape index (κ3) is 3.08. The lowest BCUT2D eigenvalue weighted by molar-refractivity contribution is 0.582. The van der Waals surface area contributed by atoms with Gasteiger partial charge in [0.1, 0.15) is 11.6 Å². The number of hydrogen-bond acceptors (Lipinski definition) is 0. The molecule has 0 aliphatic carbocycles. The van der Waals surface area contributed by atoms with Crippen molar-refractivity contribution in [3.8, 4) is 0 Å². The first-order valence-corrected chi connectivity index (χ1v) is 6.14. The van der Waals surface area contributed by atoms with Gasteiger partial charge in [0.05, 0.1) is 5.38 Å².